The number of rotatable bonds is 2. The number of aryl methyl sites for hydroxylation is 3. The molecule has 175 valence electrons. The van der Waals surface area contributed by atoms with Gasteiger partial charge >= 0.3 is 0 Å². The van der Waals surface area contributed by atoms with Gasteiger partial charge in [-0.3, -0.25) is 4.79 Å². The van der Waals surface area contributed by atoms with Gasteiger partial charge in [0.1, 0.15) is 0 Å². The number of pyridine rings is 1. The van der Waals surface area contributed by atoms with Gasteiger partial charge in [-0.05, 0) is 85.2 Å². The monoisotopic (exact) mass is 646 g/mol. The number of carbonyl (C=O) groups excluding carboxylic acids is 1. The number of allylic oxidation sites excluding steroid dienone is 2. The van der Waals surface area contributed by atoms with E-state index < -0.39 is 0 Å². The summed E-state index contributed by atoms with van der Waals surface area (Å²) in [6.45, 7) is 4.88. The summed E-state index contributed by atoms with van der Waals surface area (Å²) in [6, 6.07) is 16.1. The third kappa shape index (κ3) is 5.45. The molecule has 1 radical (unpaired) electrons. The van der Waals surface area contributed by atoms with Crippen molar-refractivity contribution in [3.8, 4) is 17.3 Å². The van der Waals surface area contributed by atoms with Gasteiger partial charge in [0.15, 0.2) is 5.78 Å². The van der Waals surface area contributed by atoms with Crippen LogP contribution in [0.4, 0.5) is 0 Å². The summed E-state index contributed by atoms with van der Waals surface area (Å²) >= 11 is 1.83. The number of aliphatic hydroxyl groups excluding tert-OH is 1. The predicted octanol–water partition coefficient (Wildman–Crippen LogP) is 7.01. The third-order valence-corrected chi connectivity index (χ3v) is 6.94. The summed E-state index contributed by atoms with van der Waals surface area (Å²) in [6.07, 6.45) is 8.06. The molecule has 1 N–H and O–H groups in total. The van der Waals surface area contributed by atoms with E-state index in [4.69, 9.17) is 10.4 Å². The molecule has 0 saturated carbocycles. The van der Waals surface area contributed by atoms with E-state index in [1.165, 1.54) is 76.9 Å². The molecule has 0 bridgehead atoms. The number of aliphatic hydroxyl groups is 1. The SMILES string of the molecule is CC(=O)/C=C(/C)O.Cc1cc(C#N)c[c-]c1-c1nccc2c1sc1cc3c(cc12)CCCC3.[Ir]. The first-order valence-corrected chi connectivity index (χ1v) is 11.8. The third-order valence-electron chi connectivity index (χ3n) is 5.77. The molecule has 1 aliphatic carbocycles. The van der Waals surface area contributed by atoms with Gasteiger partial charge in [0.05, 0.1) is 5.76 Å². The Labute approximate surface area is 217 Å². The zero-order valence-electron chi connectivity index (χ0n) is 19.4. The molecular weight excluding hydrogens is 621 g/mol. The van der Waals surface area contributed by atoms with Crippen LogP contribution in [0.15, 0.2) is 48.4 Å². The summed E-state index contributed by atoms with van der Waals surface area (Å²) in [5.74, 6) is -0.0625. The van der Waals surface area contributed by atoms with Crippen LogP contribution >= 0.6 is 11.3 Å². The Morgan fingerprint density at radius 3 is 2.47 bits per heavy atom. The molecule has 5 rings (SSSR count). The van der Waals surface area contributed by atoms with Crippen LogP contribution in [0.5, 0.6) is 0 Å². The second-order valence-corrected chi connectivity index (χ2v) is 9.47. The number of nitriles is 1. The van der Waals surface area contributed by atoms with Gasteiger partial charge in [0.2, 0.25) is 0 Å². The van der Waals surface area contributed by atoms with E-state index in [1.54, 1.807) is 6.07 Å². The van der Waals surface area contributed by atoms with Crippen molar-refractivity contribution in [3.05, 3.63) is 76.7 Å². The zero-order valence-corrected chi connectivity index (χ0v) is 22.6. The second kappa shape index (κ2) is 11.1. The van der Waals surface area contributed by atoms with Crippen molar-refractivity contribution in [1.82, 2.24) is 4.98 Å². The minimum absolute atomic E-state index is 0. The molecule has 4 nitrogen and oxygen atoms in total. The average Bonchev–Trinajstić information content (AvgIpc) is 3.14. The quantitative estimate of drug-likeness (QED) is 0.145. The van der Waals surface area contributed by atoms with E-state index in [0.717, 1.165) is 16.8 Å². The van der Waals surface area contributed by atoms with Gasteiger partial charge in [-0.25, -0.2) is 5.26 Å². The topological polar surface area (TPSA) is 74.0 Å². The number of ketones is 1. The van der Waals surface area contributed by atoms with E-state index in [0.29, 0.717) is 5.56 Å². The Kier molecular flexibility index (Phi) is 8.38. The molecule has 0 fully saturated rings. The number of fused-ring (bicyclic) bond motifs is 4. The maximum atomic E-state index is 10.0. The fourth-order valence-corrected chi connectivity index (χ4v) is 5.57. The standard InChI is InChI=1S/C23H17N2S.C5H8O2.Ir/c1-14-10-15(13-24)6-7-18(14)22-23-19(8-9-25-22)20-11-16-4-2-3-5-17(16)12-21(20)26-23;1-4(6)3-5(2)7;/h6,8-12H,2-5H2,1H3;3,6H,1-2H3;/q-1;;/b;4-3-;. The first-order valence-electron chi connectivity index (χ1n) is 11.0. The van der Waals surface area contributed by atoms with Crippen LogP contribution in [0.2, 0.25) is 0 Å². The molecule has 2 heterocycles. The van der Waals surface area contributed by atoms with Crippen molar-refractivity contribution in [2.75, 3.05) is 0 Å². The van der Waals surface area contributed by atoms with Gasteiger partial charge < -0.3 is 10.1 Å². The van der Waals surface area contributed by atoms with Gasteiger partial charge in [-0.2, -0.15) is 0 Å². The average molecular weight is 646 g/mol. The molecular formula is C28H25IrN2O2S-. The Balaban J connectivity index is 0.000000357. The van der Waals surface area contributed by atoms with Crippen LogP contribution < -0.4 is 0 Å². The summed E-state index contributed by atoms with van der Waals surface area (Å²) < 4.78 is 2.56. The Hall–Kier alpha value is -2.84. The largest absolute Gasteiger partial charge is 0.512 e. The molecule has 0 atom stereocenters. The van der Waals surface area contributed by atoms with Crippen molar-refractivity contribution in [3.63, 3.8) is 0 Å². The maximum absolute atomic E-state index is 10.0. The number of nitrogens with zero attached hydrogens (tertiary/aromatic N) is 2. The number of aromatic nitrogens is 1. The smallest absolute Gasteiger partial charge is 0.155 e. The minimum atomic E-state index is -0.125. The molecule has 2 aromatic heterocycles. The van der Waals surface area contributed by atoms with Crippen LogP contribution in [0, 0.1) is 24.3 Å². The van der Waals surface area contributed by atoms with Crippen molar-refractivity contribution < 1.29 is 30.0 Å². The number of benzene rings is 2. The fourth-order valence-electron chi connectivity index (χ4n) is 4.33. The Bertz CT molecular complexity index is 1440. The van der Waals surface area contributed by atoms with E-state index in [2.05, 4.69) is 35.3 Å². The molecule has 6 heteroatoms. The second-order valence-electron chi connectivity index (χ2n) is 8.42. The summed E-state index contributed by atoms with van der Waals surface area (Å²) in [5, 5.41) is 20.1. The molecule has 0 aliphatic heterocycles. The van der Waals surface area contributed by atoms with Gasteiger partial charge in [-0.1, -0.05) is 6.92 Å². The number of carbonyl (C=O) groups is 1. The van der Waals surface area contributed by atoms with Gasteiger partial charge in [0, 0.05) is 53.5 Å². The van der Waals surface area contributed by atoms with Crippen LogP contribution in [0.3, 0.4) is 0 Å². The summed E-state index contributed by atoms with van der Waals surface area (Å²) in [7, 11) is 0. The maximum Gasteiger partial charge on any atom is 0.155 e. The molecule has 0 spiro atoms. The van der Waals surface area contributed by atoms with Crippen LogP contribution in [0.25, 0.3) is 31.4 Å². The molecule has 0 saturated heterocycles. The van der Waals surface area contributed by atoms with E-state index in [-0.39, 0.29) is 31.6 Å². The molecule has 0 amide bonds. The minimum Gasteiger partial charge on any atom is -0.512 e. The van der Waals surface area contributed by atoms with Crippen molar-refractivity contribution in [1.29, 1.82) is 5.26 Å². The first kappa shape index (κ1) is 25.8. The number of hydrogen-bond donors (Lipinski definition) is 1. The molecule has 4 aromatic rings. The van der Waals surface area contributed by atoms with E-state index >= 15 is 0 Å². The molecule has 34 heavy (non-hydrogen) atoms. The first-order chi connectivity index (χ1) is 15.9. The fraction of sp³-hybridized carbons (Fsp3) is 0.250. The van der Waals surface area contributed by atoms with Gasteiger partial charge in [0.25, 0.3) is 0 Å². The summed E-state index contributed by atoms with van der Waals surface area (Å²) in [5.41, 5.74) is 6.69. The molecule has 2 aromatic carbocycles. The zero-order chi connectivity index (χ0) is 23.5. The van der Waals surface area contributed by atoms with Crippen molar-refractivity contribution in [2.45, 2.75) is 46.5 Å². The van der Waals surface area contributed by atoms with Crippen molar-refractivity contribution in [2.24, 2.45) is 0 Å². The Morgan fingerprint density at radius 2 is 1.88 bits per heavy atom. The summed E-state index contributed by atoms with van der Waals surface area (Å²) in [4.78, 5) is 14.7. The number of thiophene rings is 1. The van der Waals surface area contributed by atoms with Gasteiger partial charge in [-0.15, -0.1) is 40.7 Å². The molecule has 0 unspecified atom stereocenters. The van der Waals surface area contributed by atoms with E-state index in [9.17, 15) is 4.79 Å². The number of hydrogen-bond acceptors (Lipinski definition) is 5. The Morgan fingerprint density at radius 1 is 1.18 bits per heavy atom. The molecule has 1 aliphatic rings. The van der Waals surface area contributed by atoms with E-state index in [1.807, 2.05) is 30.5 Å². The van der Waals surface area contributed by atoms with Crippen molar-refractivity contribution >= 4 is 37.3 Å². The van der Waals surface area contributed by atoms with Crippen LogP contribution in [0.1, 0.15) is 48.9 Å². The van der Waals surface area contributed by atoms with Crippen LogP contribution in [-0.2, 0) is 37.7 Å². The van der Waals surface area contributed by atoms with Crippen LogP contribution in [-0.4, -0.2) is 15.9 Å². The predicted molar refractivity (Wildman–Crippen MR) is 135 cm³/mol. The normalized spacial score (nSPS) is 12.8.